The van der Waals surface area contributed by atoms with Crippen LogP contribution < -0.4 is 10.6 Å². The number of benzene rings is 1. The lowest BCUT2D eigenvalue weighted by atomic mass is 10.3. The van der Waals surface area contributed by atoms with E-state index in [-0.39, 0.29) is 11.7 Å². The average Bonchev–Trinajstić information content (AvgIpc) is 3.07. The molecular formula is C12H14BrFN2O. The smallest absolute Gasteiger partial charge is 0.238 e. The number of rotatable bonds is 5. The van der Waals surface area contributed by atoms with E-state index >= 15 is 0 Å². The third-order valence-corrected chi connectivity index (χ3v) is 3.23. The Kier molecular flexibility index (Phi) is 4.12. The van der Waals surface area contributed by atoms with Gasteiger partial charge in [-0.15, -0.1) is 0 Å². The van der Waals surface area contributed by atoms with Gasteiger partial charge >= 0.3 is 0 Å². The molecule has 0 bridgehead atoms. The Morgan fingerprint density at radius 3 is 2.88 bits per heavy atom. The van der Waals surface area contributed by atoms with E-state index in [0.717, 1.165) is 12.5 Å². The molecule has 0 aromatic heterocycles. The third kappa shape index (κ3) is 4.09. The minimum Gasteiger partial charge on any atom is -0.325 e. The summed E-state index contributed by atoms with van der Waals surface area (Å²) in [5.74, 6) is 0.307. The van der Waals surface area contributed by atoms with Crippen molar-refractivity contribution in [2.24, 2.45) is 5.92 Å². The van der Waals surface area contributed by atoms with Crippen molar-refractivity contribution < 1.29 is 9.18 Å². The quantitative estimate of drug-likeness (QED) is 0.877. The molecule has 2 rings (SSSR count). The molecule has 92 valence electrons. The number of amides is 1. The van der Waals surface area contributed by atoms with Crippen LogP contribution >= 0.6 is 15.9 Å². The van der Waals surface area contributed by atoms with Gasteiger partial charge in [-0.3, -0.25) is 4.79 Å². The third-order valence-electron chi connectivity index (χ3n) is 2.62. The fraction of sp³-hybridized carbons (Fsp3) is 0.417. The first-order valence-electron chi connectivity index (χ1n) is 5.61. The van der Waals surface area contributed by atoms with E-state index in [1.807, 2.05) is 0 Å². The fourth-order valence-electron chi connectivity index (χ4n) is 1.49. The zero-order chi connectivity index (χ0) is 12.3. The molecule has 0 saturated heterocycles. The summed E-state index contributed by atoms with van der Waals surface area (Å²) in [6.07, 6.45) is 2.53. The number of carbonyl (C=O) groups excluding carboxylic acids is 1. The number of carbonyl (C=O) groups is 1. The van der Waals surface area contributed by atoms with Crippen molar-refractivity contribution >= 4 is 27.5 Å². The van der Waals surface area contributed by atoms with Gasteiger partial charge in [-0.1, -0.05) is 0 Å². The van der Waals surface area contributed by atoms with Crippen LogP contribution in [-0.2, 0) is 4.79 Å². The second-order valence-electron chi connectivity index (χ2n) is 4.25. The summed E-state index contributed by atoms with van der Waals surface area (Å²) in [6.45, 7) is 1.20. The number of hydrogen-bond donors (Lipinski definition) is 2. The summed E-state index contributed by atoms with van der Waals surface area (Å²) in [4.78, 5) is 11.5. The van der Waals surface area contributed by atoms with Gasteiger partial charge in [-0.2, -0.15) is 0 Å². The molecule has 0 aliphatic heterocycles. The molecule has 0 radical (unpaired) electrons. The van der Waals surface area contributed by atoms with Gasteiger partial charge in [-0.05, 0) is 59.4 Å². The van der Waals surface area contributed by atoms with Crippen LogP contribution in [0.4, 0.5) is 10.1 Å². The molecule has 0 atom stereocenters. The fourth-order valence-corrected chi connectivity index (χ4v) is 1.87. The van der Waals surface area contributed by atoms with Gasteiger partial charge in [0, 0.05) is 5.69 Å². The van der Waals surface area contributed by atoms with Gasteiger partial charge in [0.05, 0.1) is 11.0 Å². The number of halogens is 2. The van der Waals surface area contributed by atoms with Crippen molar-refractivity contribution in [1.29, 1.82) is 0 Å². The molecule has 0 heterocycles. The first-order chi connectivity index (χ1) is 8.15. The molecule has 1 amide bonds. The Labute approximate surface area is 108 Å². The molecule has 5 heteroatoms. The van der Waals surface area contributed by atoms with E-state index in [2.05, 4.69) is 26.6 Å². The summed E-state index contributed by atoms with van der Waals surface area (Å²) in [5.41, 5.74) is 0.594. The highest BCUT2D eigenvalue weighted by Crippen LogP contribution is 2.27. The molecule has 1 aromatic rings. The van der Waals surface area contributed by atoms with Crippen molar-refractivity contribution in [3.05, 3.63) is 28.5 Å². The second-order valence-corrected chi connectivity index (χ2v) is 5.11. The Bertz CT molecular complexity index is 421. The number of anilines is 1. The minimum absolute atomic E-state index is 0.107. The lowest BCUT2D eigenvalue weighted by molar-refractivity contribution is -0.115. The minimum atomic E-state index is -0.338. The summed E-state index contributed by atoms with van der Waals surface area (Å²) in [6, 6.07) is 4.41. The molecule has 1 aliphatic carbocycles. The topological polar surface area (TPSA) is 41.1 Å². The van der Waals surface area contributed by atoms with Crippen molar-refractivity contribution in [2.45, 2.75) is 12.8 Å². The van der Waals surface area contributed by atoms with E-state index in [4.69, 9.17) is 0 Å². The Morgan fingerprint density at radius 2 is 2.24 bits per heavy atom. The highest BCUT2D eigenvalue weighted by atomic mass is 79.9. The van der Waals surface area contributed by atoms with Gasteiger partial charge in [0.1, 0.15) is 5.82 Å². The first-order valence-corrected chi connectivity index (χ1v) is 6.40. The largest absolute Gasteiger partial charge is 0.325 e. The maximum Gasteiger partial charge on any atom is 0.238 e. The van der Waals surface area contributed by atoms with Gasteiger partial charge in [0.2, 0.25) is 5.91 Å². The standard InChI is InChI=1S/C12H14BrFN2O/c13-10-5-9(3-4-11(10)14)16-12(17)7-15-6-8-1-2-8/h3-5,8,15H,1-2,6-7H2,(H,16,17). The zero-order valence-corrected chi connectivity index (χ0v) is 10.9. The van der Waals surface area contributed by atoms with Crippen LogP contribution in [0.15, 0.2) is 22.7 Å². The van der Waals surface area contributed by atoms with E-state index < -0.39 is 0 Å². The Morgan fingerprint density at radius 1 is 1.47 bits per heavy atom. The van der Waals surface area contributed by atoms with Gasteiger partial charge < -0.3 is 10.6 Å². The molecule has 1 fully saturated rings. The maximum absolute atomic E-state index is 13.0. The Hall–Kier alpha value is -0.940. The van der Waals surface area contributed by atoms with Gasteiger partial charge in [-0.25, -0.2) is 4.39 Å². The molecule has 1 saturated carbocycles. The van der Waals surface area contributed by atoms with Crippen LogP contribution in [0.5, 0.6) is 0 Å². The van der Waals surface area contributed by atoms with Crippen molar-refractivity contribution in [3.63, 3.8) is 0 Å². The highest BCUT2D eigenvalue weighted by molar-refractivity contribution is 9.10. The first kappa shape index (κ1) is 12.5. The van der Waals surface area contributed by atoms with Crippen LogP contribution in [0, 0.1) is 11.7 Å². The summed E-state index contributed by atoms with van der Waals surface area (Å²) in [7, 11) is 0. The lowest BCUT2D eigenvalue weighted by Crippen LogP contribution is -2.29. The summed E-state index contributed by atoms with van der Waals surface area (Å²) in [5, 5.41) is 5.80. The molecule has 2 N–H and O–H groups in total. The summed E-state index contributed by atoms with van der Waals surface area (Å²) < 4.78 is 13.3. The second kappa shape index (κ2) is 5.60. The van der Waals surface area contributed by atoms with Crippen LogP contribution in [0.25, 0.3) is 0 Å². The molecular weight excluding hydrogens is 287 g/mol. The average molecular weight is 301 g/mol. The van der Waals surface area contributed by atoms with Crippen molar-refractivity contribution in [1.82, 2.24) is 5.32 Å². The normalized spacial score (nSPS) is 14.7. The molecule has 0 spiro atoms. The SMILES string of the molecule is O=C(CNCC1CC1)Nc1ccc(F)c(Br)c1. The Balaban J connectivity index is 1.77. The van der Waals surface area contributed by atoms with E-state index in [9.17, 15) is 9.18 Å². The maximum atomic E-state index is 13.0. The molecule has 0 unspecified atom stereocenters. The molecule has 3 nitrogen and oxygen atoms in total. The molecule has 1 aliphatic rings. The van der Waals surface area contributed by atoms with Crippen LogP contribution in [-0.4, -0.2) is 19.0 Å². The van der Waals surface area contributed by atoms with Crippen molar-refractivity contribution in [2.75, 3.05) is 18.4 Å². The highest BCUT2D eigenvalue weighted by Gasteiger charge is 2.20. The van der Waals surface area contributed by atoms with Gasteiger partial charge in [0.25, 0.3) is 0 Å². The monoisotopic (exact) mass is 300 g/mol. The lowest BCUT2D eigenvalue weighted by Gasteiger charge is -2.07. The van der Waals surface area contributed by atoms with E-state index in [0.29, 0.717) is 16.7 Å². The molecule has 17 heavy (non-hydrogen) atoms. The number of hydrogen-bond acceptors (Lipinski definition) is 2. The summed E-state index contributed by atoms with van der Waals surface area (Å²) >= 11 is 3.07. The van der Waals surface area contributed by atoms with Crippen molar-refractivity contribution in [3.8, 4) is 0 Å². The van der Waals surface area contributed by atoms with E-state index in [1.54, 1.807) is 12.1 Å². The van der Waals surface area contributed by atoms with E-state index in [1.165, 1.54) is 18.9 Å². The zero-order valence-electron chi connectivity index (χ0n) is 9.30. The van der Waals surface area contributed by atoms with Crippen LogP contribution in [0.3, 0.4) is 0 Å². The van der Waals surface area contributed by atoms with Gasteiger partial charge in [0.15, 0.2) is 0 Å². The number of nitrogens with one attached hydrogen (secondary N) is 2. The van der Waals surface area contributed by atoms with Crippen LogP contribution in [0.2, 0.25) is 0 Å². The predicted octanol–water partition coefficient (Wildman–Crippen LogP) is 2.53. The van der Waals surface area contributed by atoms with Crippen LogP contribution in [0.1, 0.15) is 12.8 Å². The predicted molar refractivity (Wildman–Crippen MR) is 68.3 cm³/mol. The molecule has 1 aromatic carbocycles.